The Morgan fingerprint density at radius 2 is 1.94 bits per heavy atom. The molecule has 0 fully saturated rings. The number of Topliss-reactive ketones (excluding diaryl/α,β-unsaturated/α-hetero) is 1. The molecular formula is C23H19ClN4O2S. The molecule has 2 aromatic heterocycles. The van der Waals surface area contributed by atoms with Crippen molar-refractivity contribution in [2.45, 2.75) is 29.7 Å². The molecule has 0 spiro atoms. The second kappa shape index (κ2) is 8.32. The molecule has 5 rings (SSSR count). The molecule has 1 aliphatic rings. The highest BCUT2D eigenvalue weighted by Crippen LogP contribution is 2.36. The minimum absolute atomic E-state index is 0.0350. The van der Waals surface area contributed by atoms with Crippen LogP contribution in [-0.2, 0) is 12.2 Å². The number of ether oxygens (including phenoxy) is 1. The number of carbonyl (C=O) groups excluding carboxylic acids is 1. The van der Waals surface area contributed by atoms with E-state index in [2.05, 4.69) is 15.1 Å². The smallest absolute Gasteiger partial charge is 0.253 e. The van der Waals surface area contributed by atoms with Crippen LogP contribution in [0.25, 0.3) is 5.78 Å². The zero-order chi connectivity index (χ0) is 21.4. The molecule has 1 aliphatic carbocycles. The first-order valence-corrected chi connectivity index (χ1v) is 11.3. The number of fused-ring (bicyclic) bond motifs is 2. The summed E-state index contributed by atoms with van der Waals surface area (Å²) in [5.41, 5.74) is 3.56. The molecule has 6 nitrogen and oxygen atoms in total. The molecule has 0 radical (unpaired) electrons. The highest BCUT2D eigenvalue weighted by molar-refractivity contribution is 7.98. The molecule has 2 heterocycles. The Morgan fingerprint density at radius 3 is 2.74 bits per heavy atom. The lowest BCUT2D eigenvalue weighted by Crippen LogP contribution is -2.21. The average Bonchev–Trinajstić information content (AvgIpc) is 3.19. The summed E-state index contributed by atoms with van der Waals surface area (Å²) in [6.07, 6.45) is 2.85. The SMILES string of the molecule is COc1ccccc1C1CC(=O)c2cn3nc(SCc4ccc(Cl)cc4)nc3nc2C1. The Morgan fingerprint density at radius 1 is 1.13 bits per heavy atom. The van der Waals surface area contributed by atoms with E-state index in [1.54, 1.807) is 17.8 Å². The van der Waals surface area contributed by atoms with Gasteiger partial charge in [-0.1, -0.05) is 53.7 Å². The van der Waals surface area contributed by atoms with E-state index in [0.717, 1.165) is 28.3 Å². The van der Waals surface area contributed by atoms with Crippen molar-refractivity contribution in [3.63, 3.8) is 0 Å². The van der Waals surface area contributed by atoms with Gasteiger partial charge in [-0.05, 0) is 35.7 Å². The first kappa shape index (κ1) is 20.0. The van der Waals surface area contributed by atoms with E-state index in [1.807, 2.05) is 48.5 Å². The number of hydrogen-bond acceptors (Lipinski definition) is 6. The minimum Gasteiger partial charge on any atom is -0.496 e. The Hall–Kier alpha value is -2.90. The summed E-state index contributed by atoms with van der Waals surface area (Å²) in [5.74, 6) is 2.13. The van der Waals surface area contributed by atoms with E-state index in [-0.39, 0.29) is 11.7 Å². The molecule has 0 N–H and O–H groups in total. The van der Waals surface area contributed by atoms with Crippen molar-refractivity contribution in [3.05, 3.63) is 82.1 Å². The molecule has 0 saturated carbocycles. The fourth-order valence-corrected chi connectivity index (χ4v) is 4.78. The van der Waals surface area contributed by atoms with Crippen LogP contribution in [0.1, 0.15) is 39.5 Å². The molecule has 2 aromatic carbocycles. The zero-order valence-corrected chi connectivity index (χ0v) is 18.4. The van der Waals surface area contributed by atoms with Crippen LogP contribution >= 0.6 is 23.4 Å². The Balaban J connectivity index is 1.41. The van der Waals surface area contributed by atoms with Crippen molar-refractivity contribution in [2.24, 2.45) is 0 Å². The third-order valence-corrected chi connectivity index (χ3v) is 6.58. The maximum atomic E-state index is 12.9. The van der Waals surface area contributed by atoms with Gasteiger partial charge in [-0.3, -0.25) is 4.79 Å². The molecular weight excluding hydrogens is 432 g/mol. The van der Waals surface area contributed by atoms with Crippen LogP contribution in [0.2, 0.25) is 5.02 Å². The average molecular weight is 451 g/mol. The number of nitrogens with zero attached hydrogens (tertiary/aromatic N) is 4. The van der Waals surface area contributed by atoms with Gasteiger partial charge in [-0.2, -0.15) is 4.98 Å². The largest absolute Gasteiger partial charge is 0.496 e. The molecule has 4 aromatic rings. The quantitative estimate of drug-likeness (QED) is 0.399. The lowest BCUT2D eigenvalue weighted by Gasteiger charge is -2.24. The summed E-state index contributed by atoms with van der Waals surface area (Å²) in [5, 5.41) is 5.84. The Labute approximate surface area is 188 Å². The second-order valence-corrected chi connectivity index (χ2v) is 8.80. The molecule has 31 heavy (non-hydrogen) atoms. The fraction of sp³-hybridized carbons (Fsp3) is 0.217. The van der Waals surface area contributed by atoms with Gasteiger partial charge in [0.25, 0.3) is 5.78 Å². The van der Waals surface area contributed by atoms with Crippen LogP contribution in [0.3, 0.4) is 0 Å². The molecule has 1 atom stereocenters. The van der Waals surface area contributed by atoms with E-state index >= 15 is 0 Å². The molecule has 0 amide bonds. The number of para-hydroxylation sites is 1. The number of ketones is 1. The van der Waals surface area contributed by atoms with Crippen molar-refractivity contribution < 1.29 is 9.53 Å². The second-order valence-electron chi connectivity index (χ2n) is 7.43. The maximum absolute atomic E-state index is 12.9. The van der Waals surface area contributed by atoms with Gasteiger partial charge in [0.15, 0.2) is 5.78 Å². The summed E-state index contributed by atoms with van der Waals surface area (Å²) in [4.78, 5) is 22.1. The van der Waals surface area contributed by atoms with Gasteiger partial charge >= 0.3 is 0 Å². The van der Waals surface area contributed by atoms with E-state index in [1.165, 1.54) is 11.8 Å². The van der Waals surface area contributed by atoms with E-state index in [9.17, 15) is 4.79 Å². The number of methoxy groups -OCH3 is 1. The van der Waals surface area contributed by atoms with Gasteiger partial charge in [0, 0.05) is 29.3 Å². The van der Waals surface area contributed by atoms with Crippen molar-refractivity contribution in [1.82, 2.24) is 19.6 Å². The van der Waals surface area contributed by atoms with Crippen molar-refractivity contribution in [2.75, 3.05) is 7.11 Å². The molecule has 8 heteroatoms. The summed E-state index contributed by atoms with van der Waals surface area (Å²) < 4.78 is 7.10. The Kier molecular flexibility index (Phi) is 5.38. The standard InChI is InChI=1S/C23H19ClN4O2S/c1-30-21-5-3-2-4-17(21)15-10-19-18(20(29)11-15)12-28-22(25-19)26-23(27-28)31-13-14-6-8-16(24)9-7-14/h2-9,12,15H,10-11,13H2,1H3. The molecule has 0 bridgehead atoms. The van der Waals surface area contributed by atoms with Crippen molar-refractivity contribution in [1.29, 1.82) is 0 Å². The van der Waals surface area contributed by atoms with Crippen LogP contribution in [-0.4, -0.2) is 32.5 Å². The topological polar surface area (TPSA) is 69.4 Å². The van der Waals surface area contributed by atoms with Gasteiger partial charge in [0.05, 0.1) is 18.4 Å². The molecule has 0 saturated heterocycles. The van der Waals surface area contributed by atoms with E-state index in [4.69, 9.17) is 16.3 Å². The van der Waals surface area contributed by atoms with Gasteiger partial charge in [-0.15, -0.1) is 5.10 Å². The number of carbonyl (C=O) groups is 1. The van der Waals surface area contributed by atoms with Gasteiger partial charge in [0.2, 0.25) is 5.16 Å². The maximum Gasteiger partial charge on any atom is 0.253 e. The lowest BCUT2D eigenvalue weighted by atomic mass is 9.82. The summed E-state index contributed by atoms with van der Waals surface area (Å²) in [6.45, 7) is 0. The van der Waals surface area contributed by atoms with Gasteiger partial charge in [-0.25, -0.2) is 9.50 Å². The highest BCUT2D eigenvalue weighted by atomic mass is 35.5. The molecule has 156 valence electrons. The number of hydrogen-bond donors (Lipinski definition) is 0. The van der Waals surface area contributed by atoms with Crippen LogP contribution in [0.5, 0.6) is 5.75 Å². The normalized spacial score (nSPS) is 15.8. The predicted octanol–water partition coefficient (Wildman–Crippen LogP) is 4.99. The minimum atomic E-state index is 0.0350. The van der Waals surface area contributed by atoms with Crippen LogP contribution in [0.4, 0.5) is 0 Å². The van der Waals surface area contributed by atoms with Crippen LogP contribution in [0, 0.1) is 0 Å². The molecule has 1 unspecified atom stereocenters. The zero-order valence-electron chi connectivity index (χ0n) is 16.8. The summed E-state index contributed by atoms with van der Waals surface area (Å²) in [7, 11) is 1.65. The highest BCUT2D eigenvalue weighted by Gasteiger charge is 2.30. The third-order valence-electron chi connectivity index (χ3n) is 5.42. The number of aromatic nitrogens is 4. The predicted molar refractivity (Wildman–Crippen MR) is 120 cm³/mol. The Bertz CT molecular complexity index is 1270. The van der Waals surface area contributed by atoms with E-state index < -0.39 is 0 Å². The summed E-state index contributed by atoms with van der Waals surface area (Å²) in [6, 6.07) is 15.6. The number of halogens is 1. The number of benzene rings is 2. The lowest BCUT2D eigenvalue weighted by molar-refractivity contribution is 0.0962. The van der Waals surface area contributed by atoms with Gasteiger partial charge in [0.1, 0.15) is 5.75 Å². The van der Waals surface area contributed by atoms with Crippen molar-refractivity contribution >= 4 is 34.9 Å². The van der Waals surface area contributed by atoms with Crippen LogP contribution in [0.15, 0.2) is 59.9 Å². The first-order valence-electron chi connectivity index (χ1n) is 9.90. The number of thioether (sulfide) groups is 1. The first-order chi connectivity index (χ1) is 15.1. The van der Waals surface area contributed by atoms with Crippen LogP contribution < -0.4 is 4.74 Å². The van der Waals surface area contributed by atoms with Gasteiger partial charge < -0.3 is 4.74 Å². The van der Waals surface area contributed by atoms with Crippen molar-refractivity contribution in [3.8, 4) is 5.75 Å². The van der Waals surface area contributed by atoms with E-state index in [0.29, 0.717) is 34.4 Å². The third kappa shape index (κ3) is 4.03. The molecule has 0 aliphatic heterocycles. The number of rotatable bonds is 5. The summed E-state index contributed by atoms with van der Waals surface area (Å²) >= 11 is 7.47. The fourth-order valence-electron chi connectivity index (χ4n) is 3.88. The monoisotopic (exact) mass is 450 g/mol.